The molecule has 1 aliphatic carbocycles. The van der Waals surface area contributed by atoms with E-state index in [4.69, 9.17) is 4.74 Å². The maximum atomic E-state index is 13.0. The molecule has 6 heteroatoms. The summed E-state index contributed by atoms with van der Waals surface area (Å²) in [6.45, 7) is 7.51. The van der Waals surface area contributed by atoms with Gasteiger partial charge in [0.15, 0.2) is 0 Å². The van der Waals surface area contributed by atoms with E-state index in [1.54, 1.807) is 0 Å². The van der Waals surface area contributed by atoms with Crippen LogP contribution in [-0.2, 0) is 4.79 Å². The zero-order chi connectivity index (χ0) is 21.5. The van der Waals surface area contributed by atoms with E-state index in [9.17, 15) is 13.6 Å². The molecule has 0 saturated heterocycles. The molecule has 2 aliphatic rings. The molecule has 1 saturated carbocycles. The van der Waals surface area contributed by atoms with Crippen LogP contribution in [0, 0.1) is 26.7 Å². The number of halogens is 2. The first-order chi connectivity index (χ1) is 14.2. The minimum Gasteiger partial charge on any atom is -0.491 e. The number of benzene rings is 2. The molecule has 4 nitrogen and oxygen atoms in total. The standard InChI is InChI=1S/C24H28F2N2O2/c1-15-5-6-20-21(9-15)30-8-4-7-28(20)19-10-16(2)23(17(3)11-19)27-22(29)12-18-13-24(25,26)14-18/h5-6,9-11,18H,4,7-8,12-14H2,1-3H3,(H,27,29). The highest BCUT2D eigenvalue weighted by molar-refractivity contribution is 5.93. The lowest BCUT2D eigenvalue weighted by Gasteiger charge is -2.34. The molecule has 30 heavy (non-hydrogen) atoms. The van der Waals surface area contributed by atoms with Crippen LogP contribution >= 0.6 is 0 Å². The Labute approximate surface area is 176 Å². The average molecular weight is 414 g/mol. The van der Waals surface area contributed by atoms with Crippen LogP contribution in [0.25, 0.3) is 0 Å². The lowest BCUT2D eigenvalue weighted by Crippen LogP contribution is -2.37. The number of ether oxygens (including phenoxy) is 1. The van der Waals surface area contributed by atoms with Crippen LogP contribution in [0.15, 0.2) is 30.3 Å². The third-order valence-corrected chi connectivity index (χ3v) is 5.93. The third-order valence-electron chi connectivity index (χ3n) is 5.93. The molecule has 0 spiro atoms. The van der Waals surface area contributed by atoms with Crippen molar-refractivity contribution in [1.29, 1.82) is 0 Å². The fourth-order valence-corrected chi connectivity index (χ4v) is 4.43. The summed E-state index contributed by atoms with van der Waals surface area (Å²) in [5.74, 6) is -2.13. The van der Waals surface area contributed by atoms with E-state index in [0.29, 0.717) is 6.61 Å². The predicted octanol–water partition coefficient (Wildman–Crippen LogP) is 5.91. The van der Waals surface area contributed by atoms with Crippen molar-refractivity contribution >= 4 is 23.0 Å². The van der Waals surface area contributed by atoms with Gasteiger partial charge in [-0.15, -0.1) is 0 Å². The number of aryl methyl sites for hydroxylation is 3. The van der Waals surface area contributed by atoms with Crippen molar-refractivity contribution in [2.24, 2.45) is 5.92 Å². The van der Waals surface area contributed by atoms with Gasteiger partial charge in [0.05, 0.1) is 12.3 Å². The summed E-state index contributed by atoms with van der Waals surface area (Å²) in [5, 5.41) is 2.95. The number of nitrogens with zero attached hydrogens (tertiary/aromatic N) is 1. The Morgan fingerprint density at radius 2 is 1.87 bits per heavy atom. The summed E-state index contributed by atoms with van der Waals surface area (Å²) >= 11 is 0. The van der Waals surface area contributed by atoms with E-state index in [0.717, 1.165) is 52.5 Å². The Balaban J connectivity index is 1.54. The highest BCUT2D eigenvalue weighted by Gasteiger charge is 2.45. The van der Waals surface area contributed by atoms with Crippen molar-refractivity contribution in [3.63, 3.8) is 0 Å². The first-order valence-electron chi connectivity index (χ1n) is 10.5. The fraction of sp³-hybridized carbons (Fsp3) is 0.458. The third kappa shape index (κ3) is 4.27. The van der Waals surface area contributed by atoms with Crippen molar-refractivity contribution in [3.05, 3.63) is 47.0 Å². The number of carbonyl (C=O) groups is 1. The quantitative estimate of drug-likeness (QED) is 0.677. The van der Waals surface area contributed by atoms with Crippen LogP contribution in [0.2, 0.25) is 0 Å². The number of anilines is 3. The van der Waals surface area contributed by atoms with Gasteiger partial charge >= 0.3 is 0 Å². The fourth-order valence-electron chi connectivity index (χ4n) is 4.43. The van der Waals surface area contributed by atoms with Crippen LogP contribution in [0.4, 0.5) is 25.8 Å². The minimum absolute atomic E-state index is 0.145. The number of hydrogen-bond donors (Lipinski definition) is 1. The van der Waals surface area contributed by atoms with Gasteiger partial charge in [-0.3, -0.25) is 4.79 Å². The van der Waals surface area contributed by atoms with Gasteiger partial charge in [0.1, 0.15) is 5.75 Å². The Morgan fingerprint density at radius 1 is 1.17 bits per heavy atom. The number of carbonyl (C=O) groups excluding carboxylic acids is 1. The number of fused-ring (bicyclic) bond motifs is 1. The van der Waals surface area contributed by atoms with E-state index in [1.807, 2.05) is 13.8 Å². The van der Waals surface area contributed by atoms with Crippen LogP contribution in [0.1, 0.15) is 42.4 Å². The first-order valence-corrected chi connectivity index (χ1v) is 10.5. The Bertz CT molecular complexity index is 943. The number of hydrogen-bond acceptors (Lipinski definition) is 3. The molecule has 0 bridgehead atoms. The molecule has 1 heterocycles. The molecule has 2 aromatic rings. The van der Waals surface area contributed by atoms with Crippen molar-refractivity contribution in [2.75, 3.05) is 23.4 Å². The Kier molecular flexibility index (Phi) is 5.43. The molecule has 4 rings (SSSR count). The molecule has 1 aliphatic heterocycles. The van der Waals surface area contributed by atoms with Crippen molar-refractivity contribution < 1.29 is 18.3 Å². The van der Waals surface area contributed by atoms with Crippen LogP contribution in [0.3, 0.4) is 0 Å². The molecule has 160 valence electrons. The molecule has 0 atom stereocenters. The van der Waals surface area contributed by atoms with Gasteiger partial charge in [0.2, 0.25) is 11.8 Å². The molecular formula is C24H28F2N2O2. The highest BCUT2D eigenvalue weighted by atomic mass is 19.3. The molecule has 0 aromatic heterocycles. The normalized spacial score (nSPS) is 18.1. The second-order valence-electron chi connectivity index (χ2n) is 8.66. The summed E-state index contributed by atoms with van der Waals surface area (Å²) in [7, 11) is 0. The van der Waals surface area contributed by atoms with Gasteiger partial charge in [0, 0.05) is 37.2 Å². The van der Waals surface area contributed by atoms with Gasteiger partial charge < -0.3 is 15.0 Å². The van der Waals surface area contributed by atoms with Crippen molar-refractivity contribution in [3.8, 4) is 5.75 Å². The summed E-state index contributed by atoms with van der Waals surface area (Å²) in [4.78, 5) is 14.6. The lowest BCUT2D eigenvalue weighted by atomic mass is 9.79. The van der Waals surface area contributed by atoms with E-state index in [1.165, 1.54) is 0 Å². The van der Waals surface area contributed by atoms with E-state index in [-0.39, 0.29) is 31.1 Å². The predicted molar refractivity (Wildman–Crippen MR) is 115 cm³/mol. The summed E-state index contributed by atoms with van der Waals surface area (Å²) in [6.07, 6.45) is 0.684. The molecular weight excluding hydrogens is 386 g/mol. The van der Waals surface area contributed by atoms with Gasteiger partial charge in [-0.1, -0.05) is 6.07 Å². The van der Waals surface area contributed by atoms with Gasteiger partial charge in [0.25, 0.3) is 0 Å². The second kappa shape index (κ2) is 7.89. The largest absolute Gasteiger partial charge is 0.491 e. The van der Waals surface area contributed by atoms with E-state index < -0.39 is 5.92 Å². The van der Waals surface area contributed by atoms with Crippen LogP contribution in [0.5, 0.6) is 5.75 Å². The highest BCUT2D eigenvalue weighted by Crippen LogP contribution is 2.44. The number of rotatable bonds is 4. The summed E-state index contributed by atoms with van der Waals surface area (Å²) in [5.41, 5.74) is 5.93. The minimum atomic E-state index is -2.59. The monoisotopic (exact) mass is 414 g/mol. The molecule has 1 N–H and O–H groups in total. The maximum Gasteiger partial charge on any atom is 0.248 e. The first kappa shape index (κ1) is 20.6. The van der Waals surface area contributed by atoms with E-state index >= 15 is 0 Å². The molecule has 0 radical (unpaired) electrons. The zero-order valence-corrected chi connectivity index (χ0v) is 17.7. The van der Waals surface area contributed by atoms with E-state index in [2.05, 4.69) is 47.5 Å². The zero-order valence-electron chi connectivity index (χ0n) is 17.7. The average Bonchev–Trinajstić information content (AvgIpc) is 2.85. The lowest BCUT2D eigenvalue weighted by molar-refractivity contribution is -0.129. The molecule has 1 fully saturated rings. The van der Waals surface area contributed by atoms with Gasteiger partial charge in [-0.05, 0) is 74.1 Å². The molecule has 1 amide bonds. The molecule has 2 aromatic carbocycles. The number of nitrogens with one attached hydrogen (secondary N) is 1. The second-order valence-corrected chi connectivity index (χ2v) is 8.66. The molecule has 0 unspecified atom stereocenters. The topological polar surface area (TPSA) is 41.6 Å². The summed E-state index contributed by atoms with van der Waals surface area (Å²) < 4.78 is 32.0. The number of amides is 1. The smallest absolute Gasteiger partial charge is 0.248 e. The van der Waals surface area contributed by atoms with Crippen LogP contribution in [-0.4, -0.2) is 25.0 Å². The van der Waals surface area contributed by atoms with Gasteiger partial charge in [-0.25, -0.2) is 8.78 Å². The summed E-state index contributed by atoms with van der Waals surface area (Å²) in [6, 6.07) is 10.4. The van der Waals surface area contributed by atoms with Crippen molar-refractivity contribution in [1.82, 2.24) is 0 Å². The Hall–Kier alpha value is -2.63. The van der Waals surface area contributed by atoms with Gasteiger partial charge in [-0.2, -0.15) is 0 Å². The Morgan fingerprint density at radius 3 is 2.53 bits per heavy atom. The van der Waals surface area contributed by atoms with Crippen LogP contribution < -0.4 is 15.0 Å². The number of alkyl halides is 2. The van der Waals surface area contributed by atoms with Crippen molar-refractivity contribution in [2.45, 2.75) is 52.4 Å². The maximum absolute atomic E-state index is 13.0. The SMILES string of the molecule is Cc1ccc2c(c1)OCCCN2c1cc(C)c(NC(=O)CC2CC(F)(F)C2)c(C)c1.